The lowest BCUT2D eigenvalue weighted by Crippen LogP contribution is -2.31. The molecule has 1 aliphatic rings. The van der Waals surface area contributed by atoms with Crippen molar-refractivity contribution in [3.63, 3.8) is 0 Å². The van der Waals surface area contributed by atoms with Gasteiger partial charge in [0.2, 0.25) is 0 Å². The predicted molar refractivity (Wildman–Crippen MR) is 130 cm³/mol. The molecule has 1 amide bonds. The lowest BCUT2D eigenvalue weighted by atomic mass is 9.95. The van der Waals surface area contributed by atoms with Crippen LogP contribution in [0.1, 0.15) is 37.4 Å². The van der Waals surface area contributed by atoms with Crippen molar-refractivity contribution < 1.29 is 29.1 Å². The van der Waals surface area contributed by atoms with E-state index >= 15 is 0 Å². The van der Waals surface area contributed by atoms with Crippen molar-refractivity contribution in [2.24, 2.45) is 0 Å². The van der Waals surface area contributed by atoms with E-state index < -0.39 is 22.7 Å². The number of non-ortho nitro benzene ring substituents is 1. The van der Waals surface area contributed by atoms with Crippen LogP contribution in [0.2, 0.25) is 0 Å². The molecule has 1 heterocycles. The Kier molecular flexibility index (Phi) is 8.38. The minimum absolute atomic E-state index is 0.0225. The van der Waals surface area contributed by atoms with Gasteiger partial charge in [-0.2, -0.15) is 0 Å². The van der Waals surface area contributed by atoms with Crippen LogP contribution in [0.4, 0.5) is 5.69 Å². The second kappa shape index (κ2) is 11.4. The van der Waals surface area contributed by atoms with Crippen LogP contribution in [-0.2, 0) is 14.3 Å². The number of likely N-dealkylation sites (tertiary alicyclic amines) is 1. The van der Waals surface area contributed by atoms with Crippen molar-refractivity contribution in [1.82, 2.24) is 4.90 Å². The van der Waals surface area contributed by atoms with Gasteiger partial charge < -0.3 is 19.5 Å². The number of amides is 1. The molecule has 3 rings (SSSR count). The van der Waals surface area contributed by atoms with E-state index in [0.717, 1.165) is 0 Å². The molecule has 0 unspecified atom stereocenters. The molecule has 0 bridgehead atoms. The van der Waals surface area contributed by atoms with Gasteiger partial charge in [0.15, 0.2) is 0 Å². The van der Waals surface area contributed by atoms with Gasteiger partial charge in [0, 0.05) is 30.8 Å². The van der Waals surface area contributed by atoms with Crippen LogP contribution in [0.3, 0.4) is 0 Å². The lowest BCUT2D eigenvalue weighted by molar-refractivity contribution is -0.384. The van der Waals surface area contributed by atoms with Gasteiger partial charge in [-0.15, -0.1) is 0 Å². The third-order valence-corrected chi connectivity index (χ3v) is 5.45. The average molecular weight is 481 g/mol. The molecule has 9 nitrogen and oxygen atoms in total. The van der Waals surface area contributed by atoms with E-state index in [1.807, 2.05) is 13.8 Å². The Morgan fingerprint density at radius 1 is 1.17 bits per heavy atom. The predicted octanol–water partition coefficient (Wildman–Crippen LogP) is 4.40. The Morgan fingerprint density at radius 3 is 2.40 bits per heavy atom. The minimum Gasteiger partial charge on any atom is -0.507 e. The van der Waals surface area contributed by atoms with Gasteiger partial charge in [-0.05, 0) is 62.2 Å². The maximum absolute atomic E-state index is 13.1. The SMILES string of the molecule is C=CCOc1ccc(C(O)=C2C(=O)C(=O)N(CCCOC(C)C)[C@H]2c2ccc([N+](=O)[O-])cc2)cc1. The first-order valence-electron chi connectivity index (χ1n) is 11.2. The molecule has 0 aliphatic carbocycles. The number of ketones is 1. The van der Waals surface area contributed by atoms with Crippen LogP contribution in [-0.4, -0.2) is 52.5 Å². The van der Waals surface area contributed by atoms with E-state index in [4.69, 9.17) is 9.47 Å². The van der Waals surface area contributed by atoms with Crippen LogP contribution >= 0.6 is 0 Å². The van der Waals surface area contributed by atoms with Gasteiger partial charge in [-0.3, -0.25) is 19.7 Å². The van der Waals surface area contributed by atoms with E-state index in [0.29, 0.717) is 36.5 Å². The molecule has 2 aromatic rings. The normalized spacial score (nSPS) is 17.1. The number of nitro benzene ring substituents is 1. The zero-order chi connectivity index (χ0) is 25.5. The van der Waals surface area contributed by atoms with Gasteiger partial charge in [-0.1, -0.05) is 12.7 Å². The summed E-state index contributed by atoms with van der Waals surface area (Å²) in [6.07, 6.45) is 2.10. The highest BCUT2D eigenvalue weighted by Gasteiger charge is 2.45. The quantitative estimate of drug-likeness (QED) is 0.0963. The first kappa shape index (κ1) is 25.6. The number of carbonyl (C=O) groups excluding carboxylic acids is 2. The highest BCUT2D eigenvalue weighted by atomic mass is 16.6. The smallest absolute Gasteiger partial charge is 0.295 e. The Hall–Kier alpha value is -3.98. The minimum atomic E-state index is -0.897. The molecular weight excluding hydrogens is 452 g/mol. The fraction of sp³-hybridized carbons (Fsp3) is 0.308. The van der Waals surface area contributed by atoms with Gasteiger partial charge >= 0.3 is 0 Å². The maximum Gasteiger partial charge on any atom is 0.295 e. The number of Topliss-reactive ketones (excluding diaryl/α,β-unsaturated/α-hetero) is 1. The molecule has 0 radical (unpaired) electrons. The summed E-state index contributed by atoms with van der Waals surface area (Å²) < 4.78 is 11.0. The fourth-order valence-electron chi connectivity index (χ4n) is 3.81. The molecule has 35 heavy (non-hydrogen) atoms. The van der Waals surface area contributed by atoms with Gasteiger partial charge in [0.05, 0.1) is 22.6 Å². The number of ether oxygens (including phenoxy) is 2. The Balaban J connectivity index is 2.00. The average Bonchev–Trinajstić information content (AvgIpc) is 3.10. The lowest BCUT2D eigenvalue weighted by Gasteiger charge is -2.25. The number of nitro groups is 1. The van der Waals surface area contributed by atoms with Gasteiger partial charge in [0.1, 0.15) is 18.1 Å². The Bertz CT molecular complexity index is 1120. The number of aliphatic hydroxyl groups excluding tert-OH is 1. The number of nitrogens with zero attached hydrogens (tertiary/aromatic N) is 2. The second-order valence-electron chi connectivity index (χ2n) is 8.24. The molecule has 1 N–H and O–H groups in total. The largest absolute Gasteiger partial charge is 0.507 e. The van der Waals surface area contributed by atoms with Gasteiger partial charge in [-0.25, -0.2) is 0 Å². The van der Waals surface area contributed by atoms with E-state index in [1.165, 1.54) is 29.2 Å². The molecule has 184 valence electrons. The molecule has 0 aromatic heterocycles. The number of rotatable bonds is 11. The fourth-order valence-corrected chi connectivity index (χ4v) is 3.81. The van der Waals surface area contributed by atoms with Crippen LogP contribution < -0.4 is 4.74 Å². The van der Waals surface area contributed by atoms with Crippen molar-refractivity contribution in [2.45, 2.75) is 32.4 Å². The summed E-state index contributed by atoms with van der Waals surface area (Å²) in [5, 5.41) is 22.2. The van der Waals surface area contributed by atoms with Crippen LogP contribution in [0.15, 0.2) is 66.8 Å². The van der Waals surface area contributed by atoms with Crippen LogP contribution in [0.5, 0.6) is 5.75 Å². The van der Waals surface area contributed by atoms with Crippen molar-refractivity contribution in [3.05, 3.63) is 88.0 Å². The molecular formula is C26H28N2O7. The highest BCUT2D eigenvalue weighted by Crippen LogP contribution is 2.40. The number of carbonyl (C=O) groups is 2. The van der Waals surface area contributed by atoms with Crippen LogP contribution in [0, 0.1) is 10.1 Å². The van der Waals surface area contributed by atoms with E-state index in [2.05, 4.69) is 6.58 Å². The molecule has 1 aliphatic heterocycles. The summed E-state index contributed by atoms with van der Waals surface area (Å²) in [7, 11) is 0. The summed E-state index contributed by atoms with van der Waals surface area (Å²) in [6.45, 7) is 8.31. The first-order valence-corrected chi connectivity index (χ1v) is 11.2. The Labute approximate surface area is 203 Å². The third-order valence-electron chi connectivity index (χ3n) is 5.45. The topological polar surface area (TPSA) is 119 Å². The monoisotopic (exact) mass is 480 g/mol. The zero-order valence-corrected chi connectivity index (χ0v) is 19.7. The van der Waals surface area contributed by atoms with E-state index in [9.17, 15) is 24.8 Å². The van der Waals surface area contributed by atoms with Gasteiger partial charge in [0.25, 0.3) is 17.4 Å². The molecule has 0 spiro atoms. The maximum atomic E-state index is 13.1. The molecule has 9 heteroatoms. The van der Waals surface area contributed by atoms with Crippen molar-refractivity contribution >= 4 is 23.1 Å². The summed E-state index contributed by atoms with van der Waals surface area (Å²) >= 11 is 0. The molecule has 1 atom stereocenters. The van der Waals surface area contributed by atoms with Crippen molar-refractivity contribution in [1.29, 1.82) is 0 Å². The van der Waals surface area contributed by atoms with Crippen molar-refractivity contribution in [3.8, 4) is 5.75 Å². The highest BCUT2D eigenvalue weighted by molar-refractivity contribution is 6.46. The molecule has 0 saturated carbocycles. The standard InChI is InChI=1S/C26H28N2O7/c1-4-15-35-21-12-8-19(9-13-21)24(29)22-23(18-6-10-20(11-7-18)28(32)33)27(26(31)25(22)30)14-5-16-34-17(2)3/h4,6-13,17,23,29H,1,5,14-16H2,2-3H3/t23-/m0/s1. The summed E-state index contributed by atoms with van der Waals surface area (Å²) in [5.74, 6) is -1.34. The summed E-state index contributed by atoms with van der Waals surface area (Å²) in [6, 6.07) is 11.2. The van der Waals surface area contributed by atoms with Crippen LogP contribution in [0.25, 0.3) is 5.76 Å². The molecule has 1 saturated heterocycles. The summed E-state index contributed by atoms with van der Waals surface area (Å²) in [4.78, 5) is 38.0. The number of benzene rings is 2. The second-order valence-corrected chi connectivity index (χ2v) is 8.24. The van der Waals surface area contributed by atoms with E-state index in [1.54, 1.807) is 30.3 Å². The first-order chi connectivity index (χ1) is 16.7. The Morgan fingerprint density at radius 2 is 1.83 bits per heavy atom. The number of hydrogen-bond acceptors (Lipinski definition) is 7. The molecule has 2 aromatic carbocycles. The number of aliphatic hydroxyl groups is 1. The van der Waals surface area contributed by atoms with E-state index in [-0.39, 0.29) is 29.7 Å². The molecule has 1 fully saturated rings. The zero-order valence-electron chi connectivity index (χ0n) is 19.7. The third kappa shape index (κ3) is 5.93. The number of hydrogen-bond donors (Lipinski definition) is 1. The van der Waals surface area contributed by atoms with Crippen molar-refractivity contribution in [2.75, 3.05) is 19.8 Å². The summed E-state index contributed by atoms with van der Waals surface area (Å²) in [5.41, 5.74) is 0.621.